The molecule has 0 saturated heterocycles. The highest BCUT2D eigenvalue weighted by Crippen LogP contribution is 2.48. The topological polar surface area (TPSA) is 37.3 Å². The van der Waals surface area contributed by atoms with Crippen LogP contribution in [-0.2, 0) is 22.0 Å². The van der Waals surface area contributed by atoms with Gasteiger partial charge in [0.05, 0.1) is 0 Å². The van der Waals surface area contributed by atoms with E-state index in [0.29, 0.717) is 0 Å². The second-order valence-electron chi connectivity index (χ2n) is 9.10. The number of aryl methyl sites for hydroxylation is 1. The van der Waals surface area contributed by atoms with E-state index >= 15 is 0 Å². The van der Waals surface area contributed by atoms with Gasteiger partial charge in [-0.3, -0.25) is 0 Å². The Kier molecular flexibility index (Phi) is 4.72. The lowest BCUT2D eigenvalue weighted by atomic mass is 9.62. The number of carbonyl (C=O) groups is 1. The van der Waals surface area contributed by atoms with Gasteiger partial charge in [-0.15, -0.1) is 0 Å². The summed E-state index contributed by atoms with van der Waals surface area (Å²) < 4.78 is 0. The van der Waals surface area contributed by atoms with E-state index in [2.05, 4.69) is 45.9 Å². The van der Waals surface area contributed by atoms with Crippen LogP contribution in [0.5, 0.6) is 0 Å². The second kappa shape index (κ2) is 6.57. The second-order valence-corrected chi connectivity index (χ2v) is 9.10. The minimum atomic E-state index is -0.900. The lowest BCUT2D eigenvalue weighted by Crippen LogP contribution is -2.34. The summed E-state index contributed by atoms with van der Waals surface area (Å²) in [5.41, 5.74) is 8.49. The fraction of sp³-hybridized carbons (Fsp3) is 0.458. The molecule has 0 bridgehead atoms. The number of allylic oxidation sites excluding steroid dienone is 5. The number of carboxylic acids is 1. The first-order valence-electron chi connectivity index (χ1n) is 9.57. The fourth-order valence-electron chi connectivity index (χ4n) is 4.30. The molecule has 1 aromatic carbocycles. The minimum Gasteiger partial charge on any atom is -0.478 e. The van der Waals surface area contributed by atoms with Crippen molar-refractivity contribution in [3.63, 3.8) is 0 Å². The Morgan fingerprint density at radius 3 is 2.27 bits per heavy atom. The number of hydrogen-bond donors (Lipinski definition) is 1. The lowest BCUT2D eigenvalue weighted by molar-refractivity contribution is -0.131. The van der Waals surface area contributed by atoms with Gasteiger partial charge in [-0.1, -0.05) is 58.1 Å². The van der Waals surface area contributed by atoms with Crippen molar-refractivity contribution in [2.75, 3.05) is 0 Å². The van der Waals surface area contributed by atoms with Gasteiger partial charge in [0.25, 0.3) is 0 Å². The van der Waals surface area contributed by atoms with Crippen molar-refractivity contribution in [3.8, 4) is 0 Å². The molecule has 26 heavy (non-hydrogen) atoms. The van der Waals surface area contributed by atoms with Gasteiger partial charge >= 0.3 is 5.97 Å². The van der Waals surface area contributed by atoms with Gasteiger partial charge in [-0.05, 0) is 76.8 Å². The molecule has 2 heteroatoms. The van der Waals surface area contributed by atoms with Gasteiger partial charge in [0.15, 0.2) is 0 Å². The van der Waals surface area contributed by atoms with Crippen LogP contribution in [0.25, 0.3) is 5.57 Å². The molecule has 0 amide bonds. The smallest absolute Gasteiger partial charge is 0.328 e. The average Bonchev–Trinajstić information content (AvgIpc) is 2.93. The predicted molar refractivity (Wildman–Crippen MR) is 109 cm³/mol. The zero-order chi connectivity index (χ0) is 19.1. The number of fused-ring (bicyclic) bond motifs is 2. The molecule has 0 fully saturated rings. The molecule has 1 N–H and O–H groups in total. The van der Waals surface area contributed by atoms with Gasteiger partial charge in [0, 0.05) is 6.08 Å². The predicted octanol–water partition coefficient (Wildman–Crippen LogP) is 5.95. The van der Waals surface area contributed by atoms with Crippen molar-refractivity contribution in [3.05, 3.63) is 64.3 Å². The zero-order valence-electron chi connectivity index (χ0n) is 16.6. The Hall–Kier alpha value is -2.09. The van der Waals surface area contributed by atoms with Crippen LogP contribution in [0.2, 0.25) is 0 Å². The summed E-state index contributed by atoms with van der Waals surface area (Å²) in [6.07, 6.45) is 11.9. The first kappa shape index (κ1) is 18.7. The van der Waals surface area contributed by atoms with E-state index in [1.165, 1.54) is 46.7 Å². The standard InChI is InChI=1S/C24H30O2/c1-16(13-22(25)26)7-6-8-17-9-10-18-14-20-21(15-19(17)18)24(4,5)12-11-23(20,2)3/h6-8,13-15H,9-12H2,1-5H3,(H,25,26)/b7-6?,16-13+,17-8?. The normalized spacial score (nSPS) is 22.5. The molecule has 0 spiro atoms. The summed E-state index contributed by atoms with van der Waals surface area (Å²) in [6, 6.07) is 4.91. The summed E-state index contributed by atoms with van der Waals surface area (Å²) in [4.78, 5) is 10.7. The Morgan fingerprint density at radius 1 is 1.04 bits per heavy atom. The Morgan fingerprint density at radius 2 is 1.65 bits per heavy atom. The Labute approximate surface area is 157 Å². The highest BCUT2D eigenvalue weighted by Gasteiger charge is 2.38. The van der Waals surface area contributed by atoms with Crippen LogP contribution in [0.15, 0.2) is 42.0 Å². The molecule has 0 heterocycles. The Balaban J connectivity index is 1.98. The largest absolute Gasteiger partial charge is 0.478 e. The van der Waals surface area contributed by atoms with Crippen LogP contribution in [0, 0.1) is 0 Å². The van der Waals surface area contributed by atoms with E-state index in [-0.39, 0.29) is 10.8 Å². The van der Waals surface area contributed by atoms with Crippen molar-refractivity contribution in [2.45, 2.75) is 71.1 Å². The third-order valence-electron chi connectivity index (χ3n) is 6.09. The van der Waals surface area contributed by atoms with Crippen LogP contribution < -0.4 is 0 Å². The maximum absolute atomic E-state index is 10.7. The van der Waals surface area contributed by atoms with Crippen molar-refractivity contribution >= 4 is 11.5 Å². The molecule has 0 atom stereocenters. The maximum Gasteiger partial charge on any atom is 0.328 e. The summed E-state index contributed by atoms with van der Waals surface area (Å²) in [7, 11) is 0. The van der Waals surface area contributed by atoms with E-state index in [1.807, 2.05) is 19.1 Å². The molecule has 0 aromatic heterocycles. The van der Waals surface area contributed by atoms with Gasteiger partial charge in [-0.2, -0.15) is 0 Å². The molecule has 0 aliphatic heterocycles. The maximum atomic E-state index is 10.7. The Bertz CT molecular complexity index is 832. The molecule has 2 aliphatic rings. The molecule has 2 aliphatic carbocycles. The van der Waals surface area contributed by atoms with Crippen LogP contribution in [0.4, 0.5) is 0 Å². The van der Waals surface area contributed by atoms with Crippen LogP contribution in [-0.4, -0.2) is 11.1 Å². The zero-order valence-corrected chi connectivity index (χ0v) is 16.6. The van der Waals surface area contributed by atoms with E-state index in [9.17, 15) is 4.79 Å². The van der Waals surface area contributed by atoms with Crippen LogP contribution in [0.3, 0.4) is 0 Å². The average molecular weight is 351 g/mol. The van der Waals surface area contributed by atoms with Gasteiger partial charge in [-0.25, -0.2) is 4.79 Å². The van der Waals surface area contributed by atoms with Gasteiger partial charge in [0.2, 0.25) is 0 Å². The van der Waals surface area contributed by atoms with E-state index in [0.717, 1.165) is 18.4 Å². The number of hydrogen-bond acceptors (Lipinski definition) is 1. The molecule has 0 unspecified atom stereocenters. The van der Waals surface area contributed by atoms with E-state index in [1.54, 1.807) is 0 Å². The molecule has 1 aromatic rings. The van der Waals surface area contributed by atoms with Crippen molar-refractivity contribution in [1.82, 2.24) is 0 Å². The van der Waals surface area contributed by atoms with Gasteiger partial charge < -0.3 is 5.11 Å². The first-order chi connectivity index (χ1) is 12.1. The number of rotatable bonds is 3. The number of carboxylic acid groups (broad SMARTS) is 1. The first-order valence-corrected chi connectivity index (χ1v) is 9.57. The third-order valence-corrected chi connectivity index (χ3v) is 6.09. The highest BCUT2D eigenvalue weighted by molar-refractivity contribution is 5.81. The summed E-state index contributed by atoms with van der Waals surface area (Å²) in [6.45, 7) is 11.3. The molecular formula is C24H30O2. The fourth-order valence-corrected chi connectivity index (χ4v) is 4.30. The number of aliphatic carboxylic acids is 1. The minimum absolute atomic E-state index is 0.226. The highest BCUT2D eigenvalue weighted by atomic mass is 16.4. The summed E-state index contributed by atoms with van der Waals surface area (Å²) in [5.74, 6) is -0.900. The molecule has 0 saturated carbocycles. The summed E-state index contributed by atoms with van der Waals surface area (Å²) in [5, 5.41) is 8.80. The molecule has 138 valence electrons. The van der Waals surface area contributed by atoms with E-state index < -0.39 is 5.97 Å². The molecule has 2 nitrogen and oxygen atoms in total. The monoisotopic (exact) mass is 350 g/mol. The van der Waals surface area contributed by atoms with E-state index in [4.69, 9.17) is 5.11 Å². The third kappa shape index (κ3) is 3.56. The summed E-state index contributed by atoms with van der Waals surface area (Å²) >= 11 is 0. The van der Waals surface area contributed by atoms with Crippen LogP contribution >= 0.6 is 0 Å². The van der Waals surface area contributed by atoms with Crippen molar-refractivity contribution in [2.24, 2.45) is 0 Å². The molecular weight excluding hydrogens is 320 g/mol. The van der Waals surface area contributed by atoms with Crippen molar-refractivity contribution < 1.29 is 9.90 Å². The van der Waals surface area contributed by atoms with Gasteiger partial charge in [0.1, 0.15) is 0 Å². The van der Waals surface area contributed by atoms with Crippen LogP contribution in [0.1, 0.15) is 76.1 Å². The quantitative estimate of drug-likeness (QED) is 0.540. The number of benzene rings is 1. The van der Waals surface area contributed by atoms with Crippen molar-refractivity contribution in [1.29, 1.82) is 0 Å². The lowest BCUT2D eigenvalue weighted by Gasteiger charge is -2.42. The molecule has 3 rings (SSSR count). The SMILES string of the molecule is C/C(C=CC=C1CCc2cc3c(cc21)C(C)(C)CCC3(C)C)=C\C(=O)O. The molecule has 0 radical (unpaired) electrons.